The van der Waals surface area contributed by atoms with Crippen LogP contribution in [0.1, 0.15) is 61.0 Å². The zero-order valence-electron chi connectivity index (χ0n) is 30.1. The van der Waals surface area contributed by atoms with Gasteiger partial charge in [0.05, 0.1) is 70.2 Å². The van der Waals surface area contributed by atoms with E-state index in [0.29, 0.717) is 77.9 Å². The number of hydrogen-bond acceptors (Lipinski definition) is 10. The number of nitrogens with zero attached hydrogens (tertiary/aromatic N) is 2. The molecular formula is C31H40N4O8. The topological polar surface area (TPSA) is 120 Å². The maximum Gasteiger partial charge on any atom is 0.256 e. The molecule has 2 aromatic rings. The largest absolute Gasteiger partial charge is 0.493 e. The van der Waals surface area contributed by atoms with Crippen molar-refractivity contribution in [2.75, 3.05) is 65.2 Å². The van der Waals surface area contributed by atoms with Crippen LogP contribution in [0.5, 0.6) is 23.0 Å². The standard InChI is InChI=1S/C31H40N4O8/c1-38-24-14-18-20(32-28(40-3)22-8-5-10-34(22)30(18)36)16-26(24)42-12-7-13-43-27-17-21-19(15-25(27)39-2)31(37)35-11-6-9-23(35)29(33-21)41-4/h14-17,22-23,28-29,32-33H,5-13H2,1-4H3/t22-,23-,28-,29-/m0/s1/i3D3,4D3. The minimum atomic E-state index is -2.67. The Hall–Kier alpha value is -3.90. The highest BCUT2D eigenvalue weighted by Gasteiger charge is 2.41. The zero-order valence-corrected chi connectivity index (χ0v) is 24.1. The van der Waals surface area contributed by atoms with Crippen LogP contribution in [0.4, 0.5) is 11.4 Å². The van der Waals surface area contributed by atoms with Gasteiger partial charge in [-0.05, 0) is 37.8 Å². The number of carbonyl (C=O) groups is 2. The molecule has 12 nitrogen and oxygen atoms in total. The van der Waals surface area contributed by atoms with Crippen LogP contribution in [0.3, 0.4) is 0 Å². The summed E-state index contributed by atoms with van der Waals surface area (Å²) in [6.45, 7) is 1.34. The van der Waals surface area contributed by atoms with Crippen LogP contribution < -0.4 is 29.6 Å². The Bertz CT molecular complexity index is 1460. The van der Waals surface area contributed by atoms with E-state index in [-0.39, 0.29) is 25.0 Å². The van der Waals surface area contributed by atoms with Gasteiger partial charge in [0, 0.05) is 45.7 Å². The molecule has 0 aromatic heterocycles. The molecule has 4 heterocycles. The summed E-state index contributed by atoms with van der Waals surface area (Å²) in [4.78, 5) is 30.2. The number of anilines is 2. The predicted octanol–water partition coefficient (Wildman–Crippen LogP) is 3.56. The number of rotatable bonds is 10. The van der Waals surface area contributed by atoms with Gasteiger partial charge in [0.1, 0.15) is 12.5 Å². The number of hydrogen-bond donors (Lipinski definition) is 2. The molecule has 43 heavy (non-hydrogen) atoms. The number of nitrogens with one attached hydrogen (secondary N) is 2. The Morgan fingerprint density at radius 1 is 0.744 bits per heavy atom. The molecule has 232 valence electrons. The van der Waals surface area contributed by atoms with E-state index in [1.165, 1.54) is 14.2 Å². The summed E-state index contributed by atoms with van der Waals surface area (Å²) < 4.78 is 79.7. The summed E-state index contributed by atoms with van der Waals surface area (Å²) in [6, 6.07) is 5.48. The van der Waals surface area contributed by atoms with Crippen LogP contribution in [-0.2, 0) is 9.47 Å². The van der Waals surface area contributed by atoms with Crippen molar-refractivity contribution in [1.29, 1.82) is 0 Å². The van der Waals surface area contributed by atoms with E-state index < -0.39 is 38.6 Å². The van der Waals surface area contributed by atoms with Crippen LogP contribution in [0, 0.1) is 0 Å². The minimum absolute atomic E-state index is 0.183. The molecular weight excluding hydrogens is 556 g/mol. The van der Waals surface area contributed by atoms with Crippen LogP contribution in [0.15, 0.2) is 24.3 Å². The van der Waals surface area contributed by atoms with Gasteiger partial charge < -0.3 is 48.9 Å². The third kappa shape index (κ3) is 5.38. The third-order valence-corrected chi connectivity index (χ3v) is 8.54. The maximum absolute atomic E-state index is 13.5. The summed E-state index contributed by atoms with van der Waals surface area (Å²) in [6.07, 6.45) is 1.19. The quantitative estimate of drug-likeness (QED) is 0.391. The molecule has 4 atom stereocenters. The summed E-state index contributed by atoms with van der Waals surface area (Å²) in [7, 11) is -2.40. The monoisotopic (exact) mass is 602 g/mol. The lowest BCUT2D eigenvalue weighted by Crippen LogP contribution is -2.44. The molecule has 12 heteroatoms. The summed E-state index contributed by atoms with van der Waals surface area (Å²) >= 11 is 0. The molecule has 6 rings (SSSR count). The van der Waals surface area contributed by atoms with Crippen molar-refractivity contribution in [1.82, 2.24) is 9.80 Å². The van der Waals surface area contributed by atoms with E-state index in [1.807, 2.05) is 0 Å². The second-order valence-electron chi connectivity index (χ2n) is 10.9. The van der Waals surface area contributed by atoms with E-state index in [9.17, 15) is 9.59 Å². The molecule has 0 unspecified atom stereocenters. The van der Waals surface area contributed by atoms with Crippen molar-refractivity contribution in [3.05, 3.63) is 35.4 Å². The number of ether oxygens (including phenoxy) is 6. The molecule has 0 saturated carbocycles. The second kappa shape index (κ2) is 12.4. The van der Waals surface area contributed by atoms with Crippen LogP contribution >= 0.6 is 0 Å². The van der Waals surface area contributed by atoms with Crippen molar-refractivity contribution < 1.29 is 46.2 Å². The number of methoxy groups -OCH3 is 4. The fourth-order valence-corrected chi connectivity index (χ4v) is 6.42. The number of carbonyl (C=O) groups excluding carboxylic acids is 2. The van der Waals surface area contributed by atoms with Gasteiger partial charge in [0.25, 0.3) is 11.8 Å². The number of amides is 2. The van der Waals surface area contributed by atoms with Gasteiger partial charge in [-0.3, -0.25) is 9.59 Å². The van der Waals surface area contributed by atoms with Gasteiger partial charge in [0.2, 0.25) is 0 Å². The van der Waals surface area contributed by atoms with E-state index in [2.05, 4.69) is 10.6 Å². The van der Waals surface area contributed by atoms with Crippen molar-refractivity contribution in [2.24, 2.45) is 0 Å². The average molecular weight is 603 g/mol. The SMILES string of the molecule is [2H]C([2H])([2H])O[C@@H]1Nc2cc(OCCCOc3cc4c(cc3OC)C(=O)N3CCC[C@H]3[C@H](OC([2H])([2H])[2H])N4)c(OC)cc2C(=O)N2CCC[C@@H]12. The molecule has 2 fully saturated rings. The van der Waals surface area contributed by atoms with E-state index in [4.69, 9.17) is 36.6 Å². The minimum Gasteiger partial charge on any atom is -0.493 e. The first-order valence-corrected chi connectivity index (χ1v) is 14.5. The van der Waals surface area contributed by atoms with E-state index >= 15 is 0 Å². The van der Waals surface area contributed by atoms with Crippen molar-refractivity contribution in [2.45, 2.75) is 56.6 Å². The van der Waals surface area contributed by atoms with E-state index in [0.717, 1.165) is 12.8 Å². The number of fused-ring (bicyclic) bond motifs is 4. The van der Waals surface area contributed by atoms with Gasteiger partial charge in [-0.15, -0.1) is 0 Å². The average Bonchev–Trinajstić information content (AvgIpc) is 3.69. The Labute approximate surface area is 259 Å². The Balaban J connectivity index is 1.14. The lowest BCUT2D eigenvalue weighted by atomic mass is 10.1. The van der Waals surface area contributed by atoms with Gasteiger partial charge >= 0.3 is 0 Å². The highest BCUT2D eigenvalue weighted by Crippen LogP contribution is 2.40. The maximum atomic E-state index is 13.5. The molecule has 4 aliphatic heterocycles. The van der Waals surface area contributed by atoms with Gasteiger partial charge in [-0.25, -0.2) is 0 Å². The van der Waals surface area contributed by atoms with Crippen LogP contribution in [0.25, 0.3) is 0 Å². The van der Waals surface area contributed by atoms with Gasteiger partial charge in [0.15, 0.2) is 23.0 Å². The second-order valence-corrected chi connectivity index (χ2v) is 10.9. The van der Waals surface area contributed by atoms with Crippen LogP contribution in [-0.4, -0.2) is 101 Å². The third-order valence-electron chi connectivity index (χ3n) is 8.54. The predicted molar refractivity (Wildman–Crippen MR) is 159 cm³/mol. The Kier molecular flexibility index (Phi) is 6.51. The summed E-state index contributed by atoms with van der Waals surface area (Å²) in [5, 5.41) is 6.23. The Morgan fingerprint density at radius 2 is 1.21 bits per heavy atom. The fraction of sp³-hybridized carbons (Fsp3) is 0.548. The van der Waals surface area contributed by atoms with Crippen LogP contribution in [0.2, 0.25) is 0 Å². The lowest BCUT2D eigenvalue weighted by Gasteiger charge is -2.28. The molecule has 0 radical (unpaired) electrons. The summed E-state index contributed by atoms with van der Waals surface area (Å²) in [5.41, 5.74) is 1.40. The zero-order chi connectivity index (χ0) is 35.1. The number of benzene rings is 2. The highest BCUT2D eigenvalue weighted by atomic mass is 16.5. The molecule has 2 aromatic carbocycles. The highest BCUT2D eigenvalue weighted by molar-refractivity contribution is 6.02. The lowest BCUT2D eigenvalue weighted by molar-refractivity contribution is 0.0418. The Morgan fingerprint density at radius 3 is 1.63 bits per heavy atom. The molecule has 0 spiro atoms. The first-order chi connectivity index (χ1) is 23.3. The summed E-state index contributed by atoms with van der Waals surface area (Å²) in [5.74, 6) is 0.839. The van der Waals surface area contributed by atoms with E-state index in [1.54, 1.807) is 34.1 Å². The molecule has 0 aliphatic carbocycles. The normalized spacial score (nSPS) is 26.7. The van der Waals surface area contributed by atoms with Crippen molar-refractivity contribution >= 4 is 23.2 Å². The molecule has 2 N–H and O–H groups in total. The van der Waals surface area contributed by atoms with Crippen molar-refractivity contribution in [3.63, 3.8) is 0 Å². The molecule has 2 saturated heterocycles. The van der Waals surface area contributed by atoms with Gasteiger partial charge in [-0.1, -0.05) is 0 Å². The smallest absolute Gasteiger partial charge is 0.256 e. The molecule has 4 aliphatic rings. The van der Waals surface area contributed by atoms with Gasteiger partial charge in [-0.2, -0.15) is 0 Å². The molecule has 0 bridgehead atoms. The first kappa shape index (κ1) is 22.6. The first-order valence-electron chi connectivity index (χ1n) is 17.5. The fourth-order valence-electron chi connectivity index (χ4n) is 6.42. The van der Waals surface area contributed by atoms with Crippen molar-refractivity contribution in [3.8, 4) is 23.0 Å². The molecule has 2 amide bonds.